The molecular formula is C13H18N2O. The number of likely N-dealkylation sites (N-methyl/N-ethyl adjacent to an activating group) is 1. The second-order valence-corrected chi connectivity index (χ2v) is 4.02. The zero-order valence-electron chi connectivity index (χ0n) is 9.86. The molecule has 0 saturated heterocycles. The van der Waals surface area contributed by atoms with Gasteiger partial charge >= 0.3 is 0 Å². The Kier molecular flexibility index (Phi) is 3.57. The summed E-state index contributed by atoms with van der Waals surface area (Å²) in [5.41, 5.74) is 2.25. The van der Waals surface area contributed by atoms with Gasteiger partial charge in [0.05, 0.1) is 12.3 Å². The molecule has 0 bridgehead atoms. The third-order valence-electron chi connectivity index (χ3n) is 2.86. The lowest BCUT2D eigenvalue weighted by Crippen LogP contribution is -2.23. The van der Waals surface area contributed by atoms with Crippen LogP contribution in [0.1, 0.15) is 30.1 Å². The first-order valence-electron chi connectivity index (χ1n) is 5.74. The van der Waals surface area contributed by atoms with Crippen LogP contribution in [-0.4, -0.2) is 18.6 Å². The molecule has 3 nitrogen and oxygen atoms in total. The van der Waals surface area contributed by atoms with Gasteiger partial charge in [0.15, 0.2) is 0 Å². The van der Waals surface area contributed by atoms with Gasteiger partial charge in [0.1, 0.15) is 11.8 Å². The van der Waals surface area contributed by atoms with Crippen molar-refractivity contribution in [2.24, 2.45) is 0 Å². The molecule has 1 N–H and O–H groups in total. The van der Waals surface area contributed by atoms with Crippen molar-refractivity contribution in [3.05, 3.63) is 41.4 Å². The van der Waals surface area contributed by atoms with E-state index in [0.29, 0.717) is 0 Å². The number of hydrogen-bond donors (Lipinski definition) is 1. The van der Waals surface area contributed by atoms with Gasteiger partial charge in [-0.25, -0.2) is 0 Å². The highest BCUT2D eigenvalue weighted by atomic mass is 16.5. The highest BCUT2D eigenvalue weighted by Crippen LogP contribution is 2.26. The summed E-state index contributed by atoms with van der Waals surface area (Å²) in [5.74, 6) is 1.01. The Labute approximate surface area is 96.5 Å². The van der Waals surface area contributed by atoms with E-state index in [4.69, 9.17) is 4.74 Å². The fourth-order valence-corrected chi connectivity index (χ4v) is 1.99. The van der Waals surface area contributed by atoms with E-state index in [2.05, 4.69) is 29.4 Å². The largest absolute Gasteiger partial charge is 0.496 e. The summed E-state index contributed by atoms with van der Waals surface area (Å²) in [6.45, 7) is 2.89. The van der Waals surface area contributed by atoms with Crippen LogP contribution >= 0.6 is 0 Å². The van der Waals surface area contributed by atoms with Gasteiger partial charge in [0, 0.05) is 6.20 Å². The predicted molar refractivity (Wildman–Crippen MR) is 64.0 cm³/mol. The van der Waals surface area contributed by atoms with E-state index in [1.54, 1.807) is 0 Å². The van der Waals surface area contributed by atoms with Crippen molar-refractivity contribution >= 4 is 0 Å². The summed E-state index contributed by atoms with van der Waals surface area (Å²) in [5, 5.41) is 3.27. The van der Waals surface area contributed by atoms with Crippen molar-refractivity contribution in [3.8, 4) is 0 Å². The molecule has 1 aliphatic heterocycles. The first kappa shape index (κ1) is 11.1. The van der Waals surface area contributed by atoms with E-state index in [1.165, 1.54) is 5.56 Å². The number of nitrogens with zero attached hydrogens (tertiary/aromatic N) is 1. The van der Waals surface area contributed by atoms with Crippen molar-refractivity contribution < 1.29 is 4.74 Å². The number of ether oxygens (including phenoxy) is 1. The topological polar surface area (TPSA) is 34.1 Å². The minimum absolute atomic E-state index is 0.0847. The summed E-state index contributed by atoms with van der Waals surface area (Å²) in [6.07, 6.45) is 6.20. The molecule has 0 saturated carbocycles. The molecule has 0 spiro atoms. The molecular weight excluding hydrogens is 200 g/mol. The van der Waals surface area contributed by atoms with Gasteiger partial charge < -0.3 is 10.1 Å². The molecule has 0 aliphatic carbocycles. The molecule has 16 heavy (non-hydrogen) atoms. The minimum Gasteiger partial charge on any atom is -0.496 e. The van der Waals surface area contributed by atoms with E-state index < -0.39 is 0 Å². The van der Waals surface area contributed by atoms with Gasteiger partial charge in [-0.1, -0.05) is 6.07 Å². The Balaban J connectivity index is 2.28. The molecule has 0 amide bonds. The van der Waals surface area contributed by atoms with E-state index in [9.17, 15) is 0 Å². The van der Waals surface area contributed by atoms with Crippen LogP contribution in [-0.2, 0) is 4.74 Å². The summed E-state index contributed by atoms with van der Waals surface area (Å²) in [6, 6.07) is 4.12. The number of aryl methyl sites for hydroxylation is 1. The number of nitrogens with one attached hydrogen (secondary N) is 1. The van der Waals surface area contributed by atoms with Gasteiger partial charge in [-0.2, -0.15) is 0 Å². The number of rotatable bonds is 3. The first-order valence-corrected chi connectivity index (χ1v) is 5.74. The molecule has 2 rings (SSSR count). The van der Waals surface area contributed by atoms with Crippen LogP contribution in [0.25, 0.3) is 0 Å². The molecule has 1 atom stereocenters. The van der Waals surface area contributed by atoms with Crippen LogP contribution in [0, 0.1) is 6.92 Å². The highest BCUT2D eigenvalue weighted by molar-refractivity contribution is 5.27. The maximum atomic E-state index is 5.70. The minimum atomic E-state index is 0.0847. The van der Waals surface area contributed by atoms with Crippen LogP contribution in [0.2, 0.25) is 0 Å². The molecule has 0 fully saturated rings. The van der Waals surface area contributed by atoms with Gasteiger partial charge in [0.2, 0.25) is 0 Å². The number of allylic oxidation sites excluding steroid dienone is 1. The van der Waals surface area contributed by atoms with Crippen molar-refractivity contribution in [2.45, 2.75) is 25.8 Å². The van der Waals surface area contributed by atoms with Crippen LogP contribution in [0.15, 0.2) is 30.2 Å². The molecule has 1 unspecified atom stereocenters. The van der Waals surface area contributed by atoms with Gasteiger partial charge in [-0.05, 0) is 44.5 Å². The number of pyridine rings is 1. The Morgan fingerprint density at radius 3 is 3.00 bits per heavy atom. The summed E-state index contributed by atoms with van der Waals surface area (Å²) >= 11 is 0. The molecule has 86 valence electrons. The summed E-state index contributed by atoms with van der Waals surface area (Å²) in [4.78, 5) is 4.44. The second kappa shape index (κ2) is 5.12. The van der Waals surface area contributed by atoms with Crippen LogP contribution in [0.4, 0.5) is 0 Å². The zero-order valence-corrected chi connectivity index (χ0v) is 9.86. The number of hydrogen-bond acceptors (Lipinski definition) is 3. The standard InChI is InChI=1S/C13H18N2O/c1-10-6-5-8-15-12(10)13(14-2)11-7-3-4-9-16-11/h5-8,13-14H,3-4,9H2,1-2H3. The van der Waals surface area contributed by atoms with E-state index in [0.717, 1.165) is 30.9 Å². The maximum absolute atomic E-state index is 5.70. The monoisotopic (exact) mass is 218 g/mol. The second-order valence-electron chi connectivity index (χ2n) is 4.02. The molecule has 0 radical (unpaired) electrons. The van der Waals surface area contributed by atoms with Crippen LogP contribution in [0.3, 0.4) is 0 Å². The third-order valence-corrected chi connectivity index (χ3v) is 2.86. The molecule has 0 aromatic carbocycles. The van der Waals surface area contributed by atoms with Crippen molar-refractivity contribution in [2.75, 3.05) is 13.7 Å². The fraction of sp³-hybridized carbons (Fsp3) is 0.462. The molecule has 1 aromatic rings. The predicted octanol–water partition coefficient (Wildman–Crippen LogP) is 2.34. The van der Waals surface area contributed by atoms with Gasteiger partial charge in [0.25, 0.3) is 0 Å². The average Bonchev–Trinajstić information content (AvgIpc) is 2.34. The Hall–Kier alpha value is -1.35. The maximum Gasteiger partial charge on any atom is 0.115 e. The SMILES string of the molecule is CNC(C1=CCCCO1)c1ncccc1C. The first-order chi connectivity index (χ1) is 7.83. The molecule has 1 aromatic heterocycles. The fourth-order valence-electron chi connectivity index (χ4n) is 1.99. The lowest BCUT2D eigenvalue weighted by Gasteiger charge is -2.24. The lowest BCUT2D eigenvalue weighted by atomic mass is 10.0. The van der Waals surface area contributed by atoms with Crippen molar-refractivity contribution in [1.82, 2.24) is 10.3 Å². The van der Waals surface area contributed by atoms with Crippen molar-refractivity contribution in [3.63, 3.8) is 0 Å². The lowest BCUT2D eigenvalue weighted by molar-refractivity contribution is 0.168. The van der Waals surface area contributed by atoms with Gasteiger partial charge in [-0.15, -0.1) is 0 Å². The molecule has 1 aliphatic rings. The number of aromatic nitrogens is 1. The highest BCUT2D eigenvalue weighted by Gasteiger charge is 2.20. The van der Waals surface area contributed by atoms with Crippen molar-refractivity contribution in [1.29, 1.82) is 0 Å². The van der Waals surface area contributed by atoms with E-state index in [-0.39, 0.29) is 6.04 Å². The average molecular weight is 218 g/mol. The Bertz CT molecular complexity index is 387. The van der Waals surface area contributed by atoms with Gasteiger partial charge in [-0.3, -0.25) is 4.98 Å². The summed E-state index contributed by atoms with van der Waals surface area (Å²) in [7, 11) is 1.94. The molecule has 2 heterocycles. The normalized spacial score (nSPS) is 17.5. The Morgan fingerprint density at radius 2 is 2.38 bits per heavy atom. The smallest absolute Gasteiger partial charge is 0.115 e. The van der Waals surface area contributed by atoms with E-state index >= 15 is 0 Å². The zero-order chi connectivity index (χ0) is 11.4. The van der Waals surface area contributed by atoms with Crippen LogP contribution < -0.4 is 5.32 Å². The third kappa shape index (κ3) is 2.25. The Morgan fingerprint density at radius 1 is 1.50 bits per heavy atom. The quantitative estimate of drug-likeness (QED) is 0.845. The van der Waals surface area contributed by atoms with Crippen LogP contribution in [0.5, 0.6) is 0 Å². The molecule has 3 heteroatoms. The van der Waals surface area contributed by atoms with E-state index in [1.807, 2.05) is 19.3 Å². The summed E-state index contributed by atoms with van der Waals surface area (Å²) < 4.78 is 5.70.